The molecule has 43 heavy (non-hydrogen) atoms. The Morgan fingerprint density at radius 2 is 1.05 bits per heavy atom. The maximum atomic E-state index is 5.11. The highest BCUT2D eigenvalue weighted by Crippen LogP contribution is 2.35. The monoisotopic (exact) mass is 552 g/mol. The van der Waals surface area contributed by atoms with Crippen molar-refractivity contribution in [1.29, 1.82) is 0 Å². The molecule has 0 amide bonds. The first-order valence-electron chi connectivity index (χ1n) is 14.5. The van der Waals surface area contributed by atoms with Crippen LogP contribution >= 0.6 is 0 Å². The molecule has 2 heterocycles. The van der Waals surface area contributed by atoms with Gasteiger partial charge in [-0.25, -0.2) is 9.98 Å². The number of aliphatic imine (C=N–C) groups is 2. The molecule has 0 saturated carbocycles. The predicted octanol–water partition coefficient (Wildman–Crippen LogP) is 8.95. The molecule has 1 aromatic heterocycles. The first-order chi connectivity index (χ1) is 21.3. The van der Waals surface area contributed by atoms with Crippen LogP contribution in [0.1, 0.15) is 22.9 Å². The Kier molecular flexibility index (Phi) is 6.16. The molecule has 8 rings (SSSR count). The largest absolute Gasteiger partial charge is 0.324 e. The molecule has 1 aliphatic rings. The Morgan fingerprint density at radius 3 is 1.81 bits per heavy atom. The smallest absolute Gasteiger partial charge is 0.169 e. The van der Waals surface area contributed by atoms with E-state index in [4.69, 9.17) is 9.98 Å². The number of nitrogens with one attached hydrogen (secondary N) is 1. The number of fused-ring (bicyclic) bond motifs is 3. The van der Waals surface area contributed by atoms with Crippen molar-refractivity contribution in [3.05, 3.63) is 174 Å². The van der Waals surface area contributed by atoms with Crippen molar-refractivity contribution in [3.8, 4) is 16.8 Å². The third-order valence-electron chi connectivity index (χ3n) is 8.04. The summed E-state index contributed by atoms with van der Waals surface area (Å²) in [4.78, 5) is 10.1. The second-order valence-corrected chi connectivity index (χ2v) is 10.7. The SMILES string of the molecule is c1ccc(C2=NC(c3ccccc3)N=C(c3cccc(-n4c5ccccc5c5ccc(-c6ccccc6)cc54)c3)N2)cc1. The highest BCUT2D eigenvalue weighted by Gasteiger charge is 2.21. The van der Waals surface area contributed by atoms with Gasteiger partial charge in [0.15, 0.2) is 6.17 Å². The summed E-state index contributed by atoms with van der Waals surface area (Å²) >= 11 is 0. The molecule has 4 heteroatoms. The zero-order valence-corrected chi connectivity index (χ0v) is 23.4. The Balaban J connectivity index is 1.28. The van der Waals surface area contributed by atoms with Gasteiger partial charge in [-0.2, -0.15) is 0 Å². The second kappa shape index (κ2) is 10.6. The maximum absolute atomic E-state index is 5.11. The summed E-state index contributed by atoms with van der Waals surface area (Å²) in [5.74, 6) is 1.62. The van der Waals surface area contributed by atoms with Gasteiger partial charge >= 0.3 is 0 Å². The van der Waals surface area contributed by atoms with Crippen LogP contribution in [-0.2, 0) is 0 Å². The van der Waals surface area contributed by atoms with Gasteiger partial charge in [-0.05, 0) is 41.0 Å². The summed E-state index contributed by atoms with van der Waals surface area (Å²) in [6.45, 7) is 0. The lowest BCUT2D eigenvalue weighted by Gasteiger charge is -2.22. The molecule has 1 aliphatic heterocycles. The minimum absolute atomic E-state index is 0.335. The lowest BCUT2D eigenvalue weighted by Crippen LogP contribution is -2.36. The Labute approximate surface area is 250 Å². The fourth-order valence-corrected chi connectivity index (χ4v) is 5.96. The third-order valence-corrected chi connectivity index (χ3v) is 8.04. The highest BCUT2D eigenvalue weighted by atomic mass is 15.2. The highest BCUT2D eigenvalue weighted by molar-refractivity contribution is 6.16. The molecular weight excluding hydrogens is 524 g/mol. The van der Waals surface area contributed by atoms with Gasteiger partial charge in [-0.1, -0.05) is 133 Å². The molecule has 7 aromatic rings. The van der Waals surface area contributed by atoms with E-state index in [1.54, 1.807) is 0 Å². The van der Waals surface area contributed by atoms with E-state index >= 15 is 0 Å². The topological polar surface area (TPSA) is 41.7 Å². The van der Waals surface area contributed by atoms with Crippen LogP contribution in [0, 0.1) is 0 Å². The van der Waals surface area contributed by atoms with E-state index in [1.807, 2.05) is 36.4 Å². The van der Waals surface area contributed by atoms with Crippen LogP contribution < -0.4 is 5.32 Å². The van der Waals surface area contributed by atoms with Gasteiger partial charge in [-0.3, -0.25) is 0 Å². The summed E-state index contributed by atoms with van der Waals surface area (Å²) < 4.78 is 2.37. The molecule has 6 aromatic carbocycles. The minimum Gasteiger partial charge on any atom is -0.324 e. The number of benzene rings is 6. The molecule has 1 unspecified atom stereocenters. The molecule has 1 atom stereocenters. The van der Waals surface area contributed by atoms with Crippen molar-refractivity contribution in [2.75, 3.05) is 0 Å². The lowest BCUT2D eigenvalue weighted by molar-refractivity contribution is 0.756. The van der Waals surface area contributed by atoms with Gasteiger partial charge in [0.25, 0.3) is 0 Å². The number of nitrogens with zero attached hydrogens (tertiary/aromatic N) is 3. The molecule has 0 spiro atoms. The average Bonchev–Trinajstić information content (AvgIpc) is 3.43. The minimum atomic E-state index is -0.335. The summed E-state index contributed by atoms with van der Waals surface area (Å²) in [6, 6.07) is 55.1. The van der Waals surface area contributed by atoms with Crippen LogP contribution in [0.3, 0.4) is 0 Å². The van der Waals surface area contributed by atoms with Crippen molar-refractivity contribution in [3.63, 3.8) is 0 Å². The van der Waals surface area contributed by atoms with Crippen LogP contribution in [0.15, 0.2) is 168 Å². The van der Waals surface area contributed by atoms with Gasteiger partial charge in [0.2, 0.25) is 0 Å². The van der Waals surface area contributed by atoms with E-state index < -0.39 is 0 Å². The van der Waals surface area contributed by atoms with Crippen LogP contribution in [-0.4, -0.2) is 16.2 Å². The van der Waals surface area contributed by atoms with Crippen LogP contribution in [0.5, 0.6) is 0 Å². The zero-order chi connectivity index (χ0) is 28.6. The number of amidine groups is 2. The summed E-state index contributed by atoms with van der Waals surface area (Å²) in [7, 11) is 0. The number of aromatic nitrogens is 1. The van der Waals surface area contributed by atoms with Gasteiger partial charge in [0.1, 0.15) is 11.7 Å². The van der Waals surface area contributed by atoms with Crippen molar-refractivity contribution < 1.29 is 0 Å². The van der Waals surface area contributed by atoms with Crippen LogP contribution in [0.2, 0.25) is 0 Å². The normalized spacial score (nSPS) is 14.7. The zero-order valence-electron chi connectivity index (χ0n) is 23.4. The number of rotatable bonds is 5. The number of hydrogen-bond donors (Lipinski definition) is 1. The van der Waals surface area contributed by atoms with Crippen molar-refractivity contribution >= 4 is 33.5 Å². The van der Waals surface area contributed by atoms with E-state index in [1.165, 1.54) is 32.9 Å². The molecule has 0 saturated heterocycles. The number of para-hydroxylation sites is 1. The van der Waals surface area contributed by atoms with Crippen LogP contribution in [0.25, 0.3) is 38.6 Å². The molecule has 0 radical (unpaired) electrons. The summed E-state index contributed by atoms with van der Waals surface area (Å²) in [5, 5.41) is 6.02. The number of hydrogen-bond acceptors (Lipinski definition) is 3. The van der Waals surface area contributed by atoms with E-state index in [0.29, 0.717) is 0 Å². The molecule has 0 fully saturated rings. The quantitative estimate of drug-likeness (QED) is 0.228. The van der Waals surface area contributed by atoms with Gasteiger partial charge < -0.3 is 9.88 Å². The van der Waals surface area contributed by atoms with Crippen LogP contribution in [0.4, 0.5) is 0 Å². The van der Waals surface area contributed by atoms with E-state index in [9.17, 15) is 0 Å². The molecule has 1 N–H and O–H groups in total. The Morgan fingerprint density at radius 1 is 0.442 bits per heavy atom. The van der Waals surface area contributed by atoms with Crippen molar-refractivity contribution in [2.45, 2.75) is 6.17 Å². The van der Waals surface area contributed by atoms with Gasteiger partial charge in [0.05, 0.1) is 11.0 Å². The predicted molar refractivity (Wildman–Crippen MR) is 178 cm³/mol. The first kappa shape index (κ1) is 25.0. The Hall–Kier alpha value is -5.74. The maximum Gasteiger partial charge on any atom is 0.169 e. The van der Waals surface area contributed by atoms with E-state index in [-0.39, 0.29) is 6.17 Å². The van der Waals surface area contributed by atoms with Gasteiger partial charge in [-0.15, -0.1) is 0 Å². The fourth-order valence-electron chi connectivity index (χ4n) is 5.96. The van der Waals surface area contributed by atoms with E-state index in [2.05, 4.69) is 131 Å². The summed E-state index contributed by atoms with van der Waals surface area (Å²) in [5.41, 5.74) is 8.92. The Bertz CT molecular complexity index is 2140. The second-order valence-electron chi connectivity index (χ2n) is 10.7. The lowest BCUT2D eigenvalue weighted by atomic mass is 10.0. The first-order valence-corrected chi connectivity index (χ1v) is 14.5. The molecule has 4 nitrogen and oxygen atoms in total. The molecular formula is C39H28N4. The standard InChI is InChI=1S/C39H28N4/c1-4-13-27(14-5-1)30-23-24-34-33-21-10-11-22-35(33)43(36(34)26-30)32-20-12-19-31(25-32)39-41-37(28-15-6-2-7-16-28)40-38(42-39)29-17-8-3-9-18-29/h1-26,37H,(H,40,41,42). The summed E-state index contributed by atoms with van der Waals surface area (Å²) in [6.07, 6.45) is -0.335. The molecule has 204 valence electrons. The van der Waals surface area contributed by atoms with Gasteiger partial charge in [0, 0.05) is 27.6 Å². The average molecular weight is 553 g/mol. The molecule has 0 aliphatic carbocycles. The molecule has 0 bridgehead atoms. The third kappa shape index (κ3) is 4.59. The van der Waals surface area contributed by atoms with Crippen molar-refractivity contribution in [2.24, 2.45) is 9.98 Å². The fraction of sp³-hybridized carbons (Fsp3) is 0.0256. The van der Waals surface area contributed by atoms with E-state index in [0.717, 1.165) is 34.0 Å². The van der Waals surface area contributed by atoms with Crippen molar-refractivity contribution in [1.82, 2.24) is 9.88 Å².